The van der Waals surface area contributed by atoms with Crippen LogP contribution in [0.3, 0.4) is 0 Å². The van der Waals surface area contributed by atoms with E-state index in [1.165, 1.54) is 4.70 Å². The molecule has 0 fully saturated rings. The molecule has 2 nitrogen and oxygen atoms in total. The molecular weight excluding hydrogens is 204 g/mol. The number of nitrogens with zero attached hydrogens (tertiary/aromatic N) is 2. The second-order valence-corrected chi connectivity index (χ2v) is 4.15. The van der Waals surface area contributed by atoms with Gasteiger partial charge in [0.05, 0.1) is 10.2 Å². The van der Waals surface area contributed by atoms with Crippen LogP contribution in [0.1, 0.15) is 0 Å². The van der Waals surface area contributed by atoms with Crippen molar-refractivity contribution in [3.05, 3.63) is 54.3 Å². The van der Waals surface area contributed by atoms with Crippen LogP contribution >= 0.6 is 11.3 Å². The first kappa shape index (κ1) is 8.56. The zero-order chi connectivity index (χ0) is 10.1. The van der Waals surface area contributed by atoms with E-state index in [4.69, 9.17) is 0 Å². The number of benzene rings is 1. The summed E-state index contributed by atoms with van der Waals surface area (Å²) in [4.78, 5) is 4.39. The van der Waals surface area contributed by atoms with Gasteiger partial charge in [-0.1, -0.05) is 12.1 Å². The quantitative estimate of drug-likeness (QED) is 0.568. The van der Waals surface area contributed by atoms with Crippen molar-refractivity contribution in [1.82, 2.24) is 4.98 Å². The summed E-state index contributed by atoms with van der Waals surface area (Å²) in [5.74, 6) is 0. The fourth-order valence-electron chi connectivity index (χ4n) is 1.64. The van der Waals surface area contributed by atoms with Crippen LogP contribution in [0, 0.1) is 0 Å². The van der Waals surface area contributed by atoms with Crippen molar-refractivity contribution >= 4 is 21.6 Å². The molecule has 0 bridgehead atoms. The Bertz CT molecular complexity index is 587. The molecule has 2 heterocycles. The van der Waals surface area contributed by atoms with Crippen LogP contribution in [0.25, 0.3) is 15.9 Å². The second-order valence-electron chi connectivity index (χ2n) is 3.26. The molecule has 72 valence electrons. The summed E-state index contributed by atoms with van der Waals surface area (Å²) in [5, 5.41) is 0. The highest BCUT2D eigenvalue weighted by Gasteiger charge is 2.11. The molecule has 0 atom stereocenters. The number of pyridine rings is 1. The molecule has 0 unspecified atom stereocenters. The molecule has 0 aliphatic heterocycles. The van der Waals surface area contributed by atoms with Gasteiger partial charge in [-0.2, -0.15) is 4.57 Å². The van der Waals surface area contributed by atoms with Gasteiger partial charge in [0.1, 0.15) is 0 Å². The molecule has 3 aromatic rings. The number of thiazole rings is 1. The Morgan fingerprint density at radius 1 is 1.00 bits per heavy atom. The van der Waals surface area contributed by atoms with Crippen molar-refractivity contribution < 1.29 is 4.57 Å². The molecule has 3 heteroatoms. The van der Waals surface area contributed by atoms with E-state index >= 15 is 0 Å². The third-order valence-electron chi connectivity index (χ3n) is 2.33. The van der Waals surface area contributed by atoms with Gasteiger partial charge in [0.25, 0.3) is 0 Å². The van der Waals surface area contributed by atoms with E-state index in [0.29, 0.717) is 0 Å². The number of para-hydroxylation sites is 1. The molecule has 15 heavy (non-hydrogen) atoms. The molecule has 0 saturated carbocycles. The fraction of sp³-hybridized carbons (Fsp3) is 0. The molecule has 1 aromatic carbocycles. The Morgan fingerprint density at radius 3 is 2.73 bits per heavy atom. The summed E-state index contributed by atoms with van der Waals surface area (Å²) < 4.78 is 3.31. The van der Waals surface area contributed by atoms with Crippen LogP contribution < -0.4 is 4.57 Å². The van der Waals surface area contributed by atoms with Gasteiger partial charge in [0, 0.05) is 18.2 Å². The Hall–Kier alpha value is -1.74. The molecule has 0 amide bonds. The van der Waals surface area contributed by atoms with Crippen molar-refractivity contribution in [2.75, 3.05) is 0 Å². The Balaban J connectivity index is 2.31. The topological polar surface area (TPSA) is 16.8 Å². The number of hydrogen-bond donors (Lipinski definition) is 0. The first-order chi connectivity index (χ1) is 7.45. The van der Waals surface area contributed by atoms with Crippen LogP contribution in [0.2, 0.25) is 0 Å². The van der Waals surface area contributed by atoms with Gasteiger partial charge in [-0.15, -0.1) is 11.3 Å². The van der Waals surface area contributed by atoms with Gasteiger partial charge in [-0.3, -0.25) is 0 Å². The van der Waals surface area contributed by atoms with Crippen molar-refractivity contribution in [3.63, 3.8) is 0 Å². The molecule has 3 rings (SSSR count). The number of hydrogen-bond acceptors (Lipinski definition) is 2. The summed E-state index contributed by atoms with van der Waals surface area (Å²) in [6.45, 7) is 0. The highest BCUT2D eigenvalue weighted by atomic mass is 32.1. The third kappa shape index (κ3) is 1.41. The van der Waals surface area contributed by atoms with Crippen molar-refractivity contribution in [2.24, 2.45) is 0 Å². The van der Waals surface area contributed by atoms with E-state index in [0.717, 1.165) is 11.2 Å². The van der Waals surface area contributed by atoms with Crippen LogP contribution in [-0.2, 0) is 0 Å². The normalized spacial score (nSPS) is 10.7. The lowest BCUT2D eigenvalue weighted by Gasteiger charge is -1.95. The van der Waals surface area contributed by atoms with Crippen LogP contribution in [0.15, 0.2) is 54.3 Å². The van der Waals surface area contributed by atoms with Gasteiger partial charge in [0.15, 0.2) is 17.9 Å². The maximum absolute atomic E-state index is 4.39. The molecule has 0 spiro atoms. The molecule has 0 aliphatic rings. The van der Waals surface area contributed by atoms with Crippen molar-refractivity contribution in [2.45, 2.75) is 0 Å². The zero-order valence-corrected chi connectivity index (χ0v) is 8.82. The van der Waals surface area contributed by atoms with Gasteiger partial charge in [-0.25, -0.2) is 4.98 Å². The standard InChI is InChI=1S/C12H9N2S/c1-2-7-14(8-3-1)10-5-4-6-11-12(10)13-9-15-11/h1-9H/q+1. The lowest BCUT2D eigenvalue weighted by atomic mass is 10.3. The van der Waals surface area contributed by atoms with Crippen molar-refractivity contribution in [3.8, 4) is 5.69 Å². The van der Waals surface area contributed by atoms with Gasteiger partial charge >= 0.3 is 0 Å². The van der Waals surface area contributed by atoms with Crippen LogP contribution in [-0.4, -0.2) is 4.98 Å². The lowest BCUT2D eigenvalue weighted by molar-refractivity contribution is -0.594. The summed E-state index contributed by atoms with van der Waals surface area (Å²) in [6, 6.07) is 12.3. The zero-order valence-electron chi connectivity index (χ0n) is 8.00. The molecule has 0 radical (unpaired) electrons. The number of fused-ring (bicyclic) bond motifs is 1. The van der Waals surface area contributed by atoms with Crippen LogP contribution in [0.5, 0.6) is 0 Å². The second kappa shape index (κ2) is 3.44. The SMILES string of the molecule is c1cc[n+](-c2cccc3scnc23)cc1. The van der Waals surface area contributed by atoms with E-state index in [-0.39, 0.29) is 0 Å². The predicted molar refractivity (Wildman–Crippen MR) is 61.2 cm³/mol. The average Bonchev–Trinajstić information content (AvgIpc) is 2.78. The average molecular weight is 213 g/mol. The summed E-state index contributed by atoms with van der Waals surface area (Å²) in [5.41, 5.74) is 4.09. The summed E-state index contributed by atoms with van der Waals surface area (Å²) in [7, 11) is 0. The highest BCUT2D eigenvalue weighted by Crippen LogP contribution is 2.20. The maximum Gasteiger partial charge on any atom is 0.237 e. The van der Waals surface area contributed by atoms with Gasteiger partial charge in [0.2, 0.25) is 5.69 Å². The maximum atomic E-state index is 4.39. The van der Waals surface area contributed by atoms with Crippen LogP contribution in [0.4, 0.5) is 0 Å². The van der Waals surface area contributed by atoms with E-state index in [2.05, 4.69) is 27.8 Å². The van der Waals surface area contributed by atoms with E-state index in [9.17, 15) is 0 Å². The molecule has 2 aromatic heterocycles. The molecule has 0 saturated heterocycles. The minimum absolute atomic E-state index is 1.07. The highest BCUT2D eigenvalue weighted by molar-refractivity contribution is 7.16. The Morgan fingerprint density at radius 2 is 1.87 bits per heavy atom. The monoisotopic (exact) mass is 213 g/mol. The van der Waals surface area contributed by atoms with Gasteiger partial charge < -0.3 is 0 Å². The first-order valence-electron chi connectivity index (χ1n) is 4.74. The predicted octanol–water partition coefficient (Wildman–Crippen LogP) is 2.57. The molecule has 0 aliphatic carbocycles. The molecular formula is C12H9N2S+. The van der Waals surface area contributed by atoms with E-state index in [1.54, 1.807) is 11.3 Å². The minimum atomic E-state index is 1.07. The molecule has 0 N–H and O–H groups in total. The number of aromatic nitrogens is 2. The Kier molecular flexibility index (Phi) is 1.96. The largest absolute Gasteiger partial charge is 0.238 e. The minimum Gasteiger partial charge on any atom is -0.238 e. The summed E-state index contributed by atoms with van der Waals surface area (Å²) in [6.07, 6.45) is 4.07. The van der Waals surface area contributed by atoms with E-state index < -0.39 is 0 Å². The van der Waals surface area contributed by atoms with Gasteiger partial charge in [-0.05, 0) is 6.07 Å². The smallest absolute Gasteiger partial charge is 0.237 e. The number of rotatable bonds is 1. The first-order valence-corrected chi connectivity index (χ1v) is 5.62. The van der Waals surface area contributed by atoms with E-state index in [1.807, 2.05) is 36.1 Å². The summed E-state index contributed by atoms with van der Waals surface area (Å²) >= 11 is 1.67. The fourth-order valence-corrected chi connectivity index (χ4v) is 2.34. The lowest BCUT2D eigenvalue weighted by Crippen LogP contribution is -2.29. The van der Waals surface area contributed by atoms with Crippen molar-refractivity contribution in [1.29, 1.82) is 0 Å². The third-order valence-corrected chi connectivity index (χ3v) is 3.13. The Labute approximate surface area is 91.5 Å².